The van der Waals surface area contributed by atoms with Crippen LogP contribution in [0, 0.1) is 28.5 Å². The van der Waals surface area contributed by atoms with Crippen LogP contribution in [0.5, 0.6) is 0 Å². The molecule has 1 aromatic heterocycles. The maximum absolute atomic E-state index is 13.3. The van der Waals surface area contributed by atoms with E-state index in [1.165, 1.54) is 12.1 Å². The van der Waals surface area contributed by atoms with Crippen molar-refractivity contribution in [3.05, 3.63) is 65.2 Å². The van der Waals surface area contributed by atoms with Crippen molar-refractivity contribution in [2.45, 2.75) is 13.0 Å². The molecule has 2 aromatic carbocycles. The molecule has 0 radical (unpaired) electrons. The van der Waals surface area contributed by atoms with Crippen LogP contribution >= 0.6 is 0 Å². The van der Waals surface area contributed by atoms with Gasteiger partial charge in [-0.3, -0.25) is 0 Å². The van der Waals surface area contributed by atoms with Crippen molar-refractivity contribution >= 4 is 11.0 Å². The molecule has 22 heavy (non-hydrogen) atoms. The number of fused-ring (bicyclic) bond motifs is 1. The van der Waals surface area contributed by atoms with E-state index in [9.17, 15) is 4.39 Å². The van der Waals surface area contributed by atoms with Crippen LogP contribution in [-0.4, -0.2) is 9.55 Å². The Morgan fingerprint density at radius 1 is 1.09 bits per heavy atom. The van der Waals surface area contributed by atoms with Crippen LogP contribution in [0.25, 0.3) is 11.0 Å². The second-order valence-corrected chi connectivity index (χ2v) is 4.89. The average molecular weight is 290 g/mol. The van der Waals surface area contributed by atoms with Gasteiger partial charge >= 0.3 is 0 Å². The third-order valence-corrected chi connectivity index (χ3v) is 3.45. The van der Waals surface area contributed by atoms with Crippen LogP contribution in [0.1, 0.15) is 17.0 Å². The van der Waals surface area contributed by atoms with Crippen LogP contribution in [0.15, 0.2) is 42.5 Å². The van der Waals surface area contributed by atoms with Gasteiger partial charge in [0, 0.05) is 12.6 Å². The van der Waals surface area contributed by atoms with Crippen LogP contribution in [0.2, 0.25) is 0 Å². The fourth-order valence-corrected chi connectivity index (χ4v) is 2.40. The lowest BCUT2D eigenvalue weighted by Gasteiger charge is -2.08. The van der Waals surface area contributed by atoms with Gasteiger partial charge in [-0.05, 0) is 29.8 Å². The zero-order valence-corrected chi connectivity index (χ0v) is 11.6. The molecular formula is C17H11FN4. The van der Waals surface area contributed by atoms with Gasteiger partial charge in [0.05, 0.1) is 35.2 Å². The number of rotatable bonds is 3. The Balaban J connectivity index is 2.06. The number of nitriles is 2. The van der Waals surface area contributed by atoms with Gasteiger partial charge in [-0.2, -0.15) is 10.5 Å². The van der Waals surface area contributed by atoms with E-state index in [-0.39, 0.29) is 12.2 Å². The van der Waals surface area contributed by atoms with Crippen molar-refractivity contribution in [1.82, 2.24) is 9.55 Å². The van der Waals surface area contributed by atoms with Crippen LogP contribution in [-0.2, 0) is 13.0 Å². The fraction of sp³-hybridized carbons (Fsp3) is 0.118. The molecule has 0 unspecified atom stereocenters. The highest BCUT2D eigenvalue weighted by atomic mass is 19.1. The van der Waals surface area contributed by atoms with Gasteiger partial charge in [0.2, 0.25) is 0 Å². The van der Waals surface area contributed by atoms with Gasteiger partial charge in [0.1, 0.15) is 11.6 Å². The largest absolute Gasteiger partial charge is 0.323 e. The van der Waals surface area contributed by atoms with Gasteiger partial charge in [-0.25, -0.2) is 9.37 Å². The van der Waals surface area contributed by atoms with Crippen LogP contribution < -0.4 is 0 Å². The van der Waals surface area contributed by atoms with Crippen molar-refractivity contribution in [3.8, 4) is 12.1 Å². The Kier molecular flexibility index (Phi) is 3.55. The molecule has 0 saturated carbocycles. The molecule has 0 atom stereocenters. The molecule has 106 valence electrons. The standard InChI is InChI=1S/C17H11FN4/c18-14-5-6-16-15(9-14)21-17(7-8-19)22(16)11-13-3-1-12(10-20)2-4-13/h1-6,9H,7,11H2. The minimum Gasteiger partial charge on any atom is -0.323 e. The molecule has 1 heterocycles. The van der Waals surface area contributed by atoms with E-state index in [0.29, 0.717) is 23.4 Å². The Morgan fingerprint density at radius 3 is 2.55 bits per heavy atom. The minimum atomic E-state index is -0.348. The molecule has 3 aromatic rings. The van der Waals surface area contributed by atoms with Crippen molar-refractivity contribution in [3.63, 3.8) is 0 Å². The molecule has 0 N–H and O–H groups in total. The van der Waals surface area contributed by atoms with Gasteiger partial charge < -0.3 is 4.57 Å². The molecule has 0 fully saturated rings. The van der Waals surface area contributed by atoms with E-state index in [0.717, 1.165) is 11.1 Å². The zero-order valence-electron chi connectivity index (χ0n) is 11.6. The lowest BCUT2D eigenvalue weighted by atomic mass is 10.1. The Labute approximate surface area is 126 Å². The van der Waals surface area contributed by atoms with Gasteiger partial charge in [0.25, 0.3) is 0 Å². The second-order valence-electron chi connectivity index (χ2n) is 4.89. The molecule has 0 aliphatic heterocycles. The van der Waals surface area contributed by atoms with Gasteiger partial charge in [-0.1, -0.05) is 12.1 Å². The molecule has 0 amide bonds. The monoisotopic (exact) mass is 290 g/mol. The molecule has 4 nitrogen and oxygen atoms in total. The quantitative estimate of drug-likeness (QED) is 0.744. The van der Waals surface area contributed by atoms with E-state index in [4.69, 9.17) is 10.5 Å². The molecule has 0 aliphatic carbocycles. The molecule has 0 bridgehead atoms. The third kappa shape index (κ3) is 2.53. The summed E-state index contributed by atoms with van der Waals surface area (Å²) >= 11 is 0. The topological polar surface area (TPSA) is 65.4 Å². The number of imidazole rings is 1. The Hall–Kier alpha value is -3.18. The summed E-state index contributed by atoms with van der Waals surface area (Å²) in [7, 11) is 0. The SMILES string of the molecule is N#CCc1nc2cc(F)ccc2n1Cc1ccc(C#N)cc1. The summed E-state index contributed by atoms with van der Waals surface area (Å²) in [5, 5.41) is 17.8. The zero-order chi connectivity index (χ0) is 15.5. The number of aromatic nitrogens is 2. The first-order valence-corrected chi connectivity index (χ1v) is 6.72. The van der Waals surface area contributed by atoms with Crippen molar-refractivity contribution in [1.29, 1.82) is 10.5 Å². The summed E-state index contributed by atoms with van der Waals surface area (Å²) in [6.07, 6.45) is 0.159. The van der Waals surface area contributed by atoms with Crippen molar-refractivity contribution < 1.29 is 4.39 Å². The van der Waals surface area contributed by atoms with Crippen LogP contribution in [0.3, 0.4) is 0 Å². The molecule has 0 spiro atoms. The highest BCUT2D eigenvalue weighted by Gasteiger charge is 2.11. The molecular weight excluding hydrogens is 279 g/mol. The lowest BCUT2D eigenvalue weighted by Crippen LogP contribution is -2.04. The molecule has 3 rings (SSSR count). The average Bonchev–Trinajstić information content (AvgIpc) is 2.85. The Bertz CT molecular complexity index is 911. The fourth-order valence-electron chi connectivity index (χ4n) is 2.40. The van der Waals surface area contributed by atoms with E-state index in [1.807, 2.05) is 16.7 Å². The predicted octanol–water partition coefficient (Wildman–Crippen LogP) is 3.16. The van der Waals surface area contributed by atoms with Gasteiger partial charge in [0.15, 0.2) is 0 Å². The number of benzene rings is 2. The highest BCUT2D eigenvalue weighted by Crippen LogP contribution is 2.20. The van der Waals surface area contributed by atoms with E-state index >= 15 is 0 Å². The summed E-state index contributed by atoms with van der Waals surface area (Å²) in [5.74, 6) is 0.256. The number of hydrogen-bond donors (Lipinski definition) is 0. The summed E-state index contributed by atoms with van der Waals surface area (Å²) in [6, 6.07) is 15.8. The Morgan fingerprint density at radius 2 is 1.86 bits per heavy atom. The summed E-state index contributed by atoms with van der Waals surface area (Å²) in [5.41, 5.74) is 2.91. The highest BCUT2D eigenvalue weighted by molar-refractivity contribution is 5.76. The summed E-state index contributed by atoms with van der Waals surface area (Å²) < 4.78 is 15.2. The van der Waals surface area contributed by atoms with Gasteiger partial charge in [-0.15, -0.1) is 0 Å². The summed E-state index contributed by atoms with van der Waals surface area (Å²) in [6.45, 7) is 0.519. The van der Waals surface area contributed by atoms with Crippen molar-refractivity contribution in [2.75, 3.05) is 0 Å². The smallest absolute Gasteiger partial charge is 0.125 e. The molecule has 0 saturated heterocycles. The van der Waals surface area contributed by atoms with E-state index in [2.05, 4.69) is 17.1 Å². The third-order valence-electron chi connectivity index (χ3n) is 3.45. The number of nitrogens with zero attached hydrogens (tertiary/aromatic N) is 4. The number of hydrogen-bond acceptors (Lipinski definition) is 3. The van der Waals surface area contributed by atoms with E-state index in [1.54, 1.807) is 18.2 Å². The molecule has 0 aliphatic rings. The van der Waals surface area contributed by atoms with Crippen LogP contribution in [0.4, 0.5) is 4.39 Å². The minimum absolute atomic E-state index is 0.159. The first kappa shape index (κ1) is 13.8. The predicted molar refractivity (Wildman–Crippen MR) is 79.3 cm³/mol. The molecule has 5 heteroatoms. The summed E-state index contributed by atoms with van der Waals surface area (Å²) in [4.78, 5) is 4.34. The maximum atomic E-state index is 13.3. The van der Waals surface area contributed by atoms with Crippen molar-refractivity contribution in [2.24, 2.45) is 0 Å². The maximum Gasteiger partial charge on any atom is 0.125 e. The normalized spacial score (nSPS) is 10.3. The lowest BCUT2D eigenvalue weighted by molar-refractivity contribution is 0.629. The van der Waals surface area contributed by atoms with E-state index < -0.39 is 0 Å². The first-order chi connectivity index (χ1) is 10.7. The second kappa shape index (κ2) is 5.67. The first-order valence-electron chi connectivity index (χ1n) is 6.72. The number of halogens is 1.